The molecule has 0 bridgehead atoms. The SMILES string of the molecule is NNC(CC1CCCC1)c1ccc2c(c1)OCCCO2. The van der Waals surface area contributed by atoms with Gasteiger partial charge in [0.15, 0.2) is 11.5 Å². The van der Waals surface area contributed by atoms with Crippen LogP contribution in [0.15, 0.2) is 18.2 Å². The minimum absolute atomic E-state index is 0.204. The van der Waals surface area contributed by atoms with Crippen LogP contribution in [0.2, 0.25) is 0 Å². The maximum absolute atomic E-state index is 5.77. The predicted molar refractivity (Wildman–Crippen MR) is 78.7 cm³/mol. The molecular weight excluding hydrogens is 252 g/mol. The molecule has 1 atom stereocenters. The fourth-order valence-electron chi connectivity index (χ4n) is 3.28. The molecule has 1 aliphatic heterocycles. The van der Waals surface area contributed by atoms with E-state index in [0.29, 0.717) is 0 Å². The van der Waals surface area contributed by atoms with E-state index in [1.54, 1.807) is 0 Å². The number of hydrazine groups is 1. The largest absolute Gasteiger partial charge is 0.490 e. The second-order valence-corrected chi connectivity index (χ2v) is 5.86. The first-order valence-corrected chi connectivity index (χ1v) is 7.72. The summed E-state index contributed by atoms with van der Waals surface area (Å²) in [5, 5.41) is 0. The Morgan fingerprint density at radius 1 is 1.10 bits per heavy atom. The normalized spacial score (nSPS) is 20.6. The van der Waals surface area contributed by atoms with Gasteiger partial charge < -0.3 is 9.47 Å². The number of hydrogen-bond acceptors (Lipinski definition) is 4. The lowest BCUT2D eigenvalue weighted by Crippen LogP contribution is -2.29. The summed E-state index contributed by atoms with van der Waals surface area (Å²) in [5.41, 5.74) is 4.17. The van der Waals surface area contributed by atoms with Gasteiger partial charge >= 0.3 is 0 Å². The van der Waals surface area contributed by atoms with E-state index < -0.39 is 0 Å². The van der Waals surface area contributed by atoms with Crippen LogP contribution in [0.25, 0.3) is 0 Å². The van der Waals surface area contributed by atoms with Crippen molar-refractivity contribution >= 4 is 0 Å². The molecule has 110 valence electrons. The maximum Gasteiger partial charge on any atom is 0.161 e. The van der Waals surface area contributed by atoms with Crippen molar-refractivity contribution in [3.63, 3.8) is 0 Å². The van der Waals surface area contributed by atoms with Crippen LogP contribution in [0, 0.1) is 5.92 Å². The third-order valence-electron chi connectivity index (χ3n) is 4.42. The van der Waals surface area contributed by atoms with Crippen LogP contribution < -0.4 is 20.7 Å². The Hall–Kier alpha value is -1.26. The summed E-state index contributed by atoms with van der Waals surface area (Å²) in [6, 6.07) is 6.40. The van der Waals surface area contributed by atoms with Gasteiger partial charge in [-0.3, -0.25) is 11.3 Å². The van der Waals surface area contributed by atoms with Gasteiger partial charge in [-0.25, -0.2) is 0 Å². The van der Waals surface area contributed by atoms with Crippen molar-refractivity contribution < 1.29 is 9.47 Å². The summed E-state index contributed by atoms with van der Waals surface area (Å²) in [7, 11) is 0. The number of fused-ring (bicyclic) bond motifs is 1. The highest BCUT2D eigenvalue weighted by Gasteiger charge is 2.22. The van der Waals surface area contributed by atoms with Crippen molar-refractivity contribution in [2.24, 2.45) is 11.8 Å². The maximum atomic E-state index is 5.77. The first-order valence-electron chi connectivity index (χ1n) is 7.72. The third-order valence-corrected chi connectivity index (χ3v) is 4.42. The van der Waals surface area contributed by atoms with E-state index >= 15 is 0 Å². The first kappa shape index (κ1) is 13.7. The number of nitrogens with two attached hydrogens (primary N) is 1. The minimum atomic E-state index is 0.204. The second kappa shape index (κ2) is 6.46. The molecule has 2 aliphatic rings. The highest BCUT2D eigenvalue weighted by atomic mass is 16.5. The van der Waals surface area contributed by atoms with Crippen molar-refractivity contribution in [2.45, 2.75) is 44.6 Å². The monoisotopic (exact) mass is 276 g/mol. The van der Waals surface area contributed by atoms with Crippen LogP contribution in [-0.2, 0) is 0 Å². The van der Waals surface area contributed by atoms with Gasteiger partial charge in [0.25, 0.3) is 0 Å². The molecule has 1 heterocycles. The Balaban J connectivity index is 1.75. The molecular formula is C16H24N2O2. The molecule has 1 aromatic carbocycles. The zero-order valence-corrected chi connectivity index (χ0v) is 11.9. The number of hydrogen-bond donors (Lipinski definition) is 2. The fraction of sp³-hybridized carbons (Fsp3) is 0.625. The number of nitrogens with one attached hydrogen (secondary N) is 1. The summed E-state index contributed by atoms with van der Waals surface area (Å²) >= 11 is 0. The van der Waals surface area contributed by atoms with E-state index in [9.17, 15) is 0 Å². The summed E-state index contributed by atoms with van der Waals surface area (Å²) in [5.74, 6) is 8.27. The molecule has 4 heteroatoms. The van der Waals surface area contributed by atoms with Crippen molar-refractivity contribution in [1.29, 1.82) is 0 Å². The zero-order valence-electron chi connectivity index (χ0n) is 11.9. The zero-order chi connectivity index (χ0) is 13.8. The lowest BCUT2D eigenvalue weighted by molar-refractivity contribution is 0.296. The van der Waals surface area contributed by atoms with Crippen molar-refractivity contribution in [3.8, 4) is 11.5 Å². The average molecular weight is 276 g/mol. The Morgan fingerprint density at radius 3 is 2.60 bits per heavy atom. The molecule has 0 radical (unpaired) electrons. The fourth-order valence-corrected chi connectivity index (χ4v) is 3.28. The van der Waals surface area contributed by atoms with Crippen LogP contribution in [0.5, 0.6) is 11.5 Å². The quantitative estimate of drug-likeness (QED) is 0.656. The van der Waals surface area contributed by atoms with E-state index in [0.717, 1.165) is 43.5 Å². The third kappa shape index (κ3) is 3.07. The van der Waals surface area contributed by atoms with Crippen LogP contribution in [0.4, 0.5) is 0 Å². The first-order chi connectivity index (χ1) is 9.86. The van der Waals surface area contributed by atoms with Gasteiger partial charge in [0.1, 0.15) is 0 Å². The van der Waals surface area contributed by atoms with Crippen molar-refractivity contribution in [3.05, 3.63) is 23.8 Å². The lowest BCUT2D eigenvalue weighted by Gasteiger charge is -2.21. The van der Waals surface area contributed by atoms with Crippen LogP contribution in [-0.4, -0.2) is 13.2 Å². The van der Waals surface area contributed by atoms with E-state index in [4.69, 9.17) is 15.3 Å². The Bertz CT molecular complexity index is 444. The standard InChI is InChI=1S/C16H24N2O2/c17-18-14(10-12-4-1-2-5-12)13-6-7-15-16(11-13)20-9-3-8-19-15/h6-7,11-12,14,18H,1-5,8-10,17H2. The summed E-state index contributed by atoms with van der Waals surface area (Å²) in [6.45, 7) is 1.45. The van der Waals surface area contributed by atoms with Gasteiger partial charge in [0.05, 0.1) is 13.2 Å². The molecule has 0 amide bonds. The van der Waals surface area contributed by atoms with Crippen LogP contribution in [0.1, 0.15) is 50.1 Å². The summed E-state index contributed by atoms with van der Waals surface area (Å²) in [6.07, 6.45) is 7.44. The highest BCUT2D eigenvalue weighted by molar-refractivity contribution is 5.44. The minimum Gasteiger partial charge on any atom is -0.490 e. The van der Waals surface area contributed by atoms with E-state index in [2.05, 4.69) is 17.6 Å². The van der Waals surface area contributed by atoms with Gasteiger partial charge in [-0.2, -0.15) is 0 Å². The molecule has 1 aliphatic carbocycles. The van der Waals surface area contributed by atoms with Crippen molar-refractivity contribution in [2.75, 3.05) is 13.2 Å². The Labute approximate surface area is 120 Å². The molecule has 0 aromatic heterocycles. The smallest absolute Gasteiger partial charge is 0.161 e. The molecule has 1 saturated carbocycles. The van der Waals surface area contributed by atoms with Gasteiger partial charge in [-0.15, -0.1) is 0 Å². The molecule has 0 saturated heterocycles. The molecule has 1 unspecified atom stereocenters. The van der Waals surface area contributed by atoms with E-state index in [-0.39, 0.29) is 6.04 Å². The molecule has 0 spiro atoms. The molecule has 4 nitrogen and oxygen atoms in total. The Kier molecular flexibility index (Phi) is 4.43. The lowest BCUT2D eigenvalue weighted by atomic mass is 9.94. The molecule has 3 N–H and O–H groups in total. The van der Waals surface area contributed by atoms with Crippen LogP contribution >= 0.6 is 0 Å². The second-order valence-electron chi connectivity index (χ2n) is 5.86. The van der Waals surface area contributed by atoms with Gasteiger partial charge in [-0.1, -0.05) is 31.7 Å². The predicted octanol–water partition coefficient (Wildman–Crippen LogP) is 2.93. The van der Waals surface area contributed by atoms with Gasteiger partial charge in [0, 0.05) is 12.5 Å². The molecule has 1 aromatic rings. The van der Waals surface area contributed by atoms with Gasteiger partial charge in [0.2, 0.25) is 0 Å². The summed E-state index contributed by atoms with van der Waals surface area (Å²) in [4.78, 5) is 0. The molecule has 3 rings (SSSR count). The number of rotatable bonds is 4. The van der Waals surface area contributed by atoms with Crippen molar-refractivity contribution in [1.82, 2.24) is 5.43 Å². The average Bonchev–Trinajstić information content (AvgIpc) is 2.87. The van der Waals surface area contributed by atoms with E-state index in [1.807, 2.05) is 6.07 Å². The highest BCUT2D eigenvalue weighted by Crippen LogP contribution is 2.36. The number of benzene rings is 1. The topological polar surface area (TPSA) is 56.5 Å². The number of ether oxygens (including phenoxy) is 2. The van der Waals surface area contributed by atoms with Crippen LogP contribution in [0.3, 0.4) is 0 Å². The molecule has 20 heavy (non-hydrogen) atoms. The Morgan fingerprint density at radius 2 is 1.85 bits per heavy atom. The van der Waals surface area contributed by atoms with Gasteiger partial charge in [-0.05, 0) is 30.0 Å². The van der Waals surface area contributed by atoms with E-state index in [1.165, 1.54) is 31.2 Å². The summed E-state index contributed by atoms with van der Waals surface area (Å²) < 4.78 is 11.4. The molecule has 1 fully saturated rings.